The Balaban J connectivity index is 1.95. The van der Waals surface area contributed by atoms with E-state index in [1.807, 2.05) is 20.0 Å². The summed E-state index contributed by atoms with van der Waals surface area (Å²) in [5, 5.41) is 6.82. The zero-order valence-electron chi connectivity index (χ0n) is 11.5. The largest absolute Gasteiger partial charge is 0.320 e. The molecule has 0 unspecified atom stereocenters. The fourth-order valence-corrected chi connectivity index (χ4v) is 3.12. The fraction of sp³-hybridized carbons (Fsp3) is 0.692. The van der Waals surface area contributed by atoms with Crippen LogP contribution in [0.25, 0.3) is 0 Å². The number of hydrogen-bond donors (Lipinski definition) is 3. The molecule has 0 bridgehead atoms. The summed E-state index contributed by atoms with van der Waals surface area (Å²) in [6, 6.07) is -0.480. The van der Waals surface area contributed by atoms with Gasteiger partial charge in [0.25, 0.3) is 0 Å². The summed E-state index contributed by atoms with van der Waals surface area (Å²) < 4.78 is 0. The highest BCUT2D eigenvalue weighted by molar-refractivity contribution is 7.15. The van der Waals surface area contributed by atoms with Crippen LogP contribution in [0.5, 0.6) is 0 Å². The SMILES string of the molecule is CC(C)[C@H](N)C(=O)Nc1ncc(C2CCNCC2)s1. The molecule has 1 aliphatic rings. The van der Waals surface area contributed by atoms with E-state index in [2.05, 4.69) is 15.6 Å². The van der Waals surface area contributed by atoms with Gasteiger partial charge >= 0.3 is 0 Å². The van der Waals surface area contributed by atoms with Gasteiger partial charge < -0.3 is 16.4 Å². The maximum absolute atomic E-state index is 11.9. The quantitative estimate of drug-likeness (QED) is 0.782. The van der Waals surface area contributed by atoms with Gasteiger partial charge in [-0.2, -0.15) is 0 Å². The second kappa shape index (κ2) is 6.45. The molecule has 0 aromatic carbocycles. The number of piperidine rings is 1. The van der Waals surface area contributed by atoms with Gasteiger partial charge in [0.1, 0.15) is 0 Å². The number of rotatable bonds is 4. The summed E-state index contributed by atoms with van der Waals surface area (Å²) in [5.41, 5.74) is 5.81. The molecule has 106 valence electrons. The summed E-state index contributed by atoms with van der Waals surface area (Å²) in [7, 11) is 0. The first-order valence-corrected chi connectivity index (χ1v) is 7.62. The minimum absolute atomic E-state index is 0.129. The number of hydrogen-bond acceptors (Lipinski definition) is 5. The van der Waals surface area contributed by atoms with E-state index in [1.54, 1.807) is 11.3 Å². The Morgan fingerprint density at radius 3 is 2.84 bits per heavy atom. The molecule has 2 heterocycles. The monoisotopic (exact) mass is 282 g/mol. The van der Waals surface area contributed by atoms with Crippen molar-refractivity contribution >= 4 is 22.4 Å². The average molecular weight is 282 g/mol. The Morgan fingerprint density at radius 1 is 1.53 bits per heavy atom. The van der Waals surface area contributed by atoms with Crippen LogP contribution >= 0.6 is 11.3 Å². The summed E-state index contributed by atoms with van der Waals surface area (Å²) in [6.07, 6.45) is 4.17. The summed E-state index contributed by atoms with van der Waals surface area (Å²) in [6.45, 7) is 5.99. The number of amides is 1. The third kappa shape index (κ3) is 3.75. The van der Waals surface area contributed by atoms with E-state index >= 15 is 0 Å². The minimum Gasteiger partial charge on any atom is -0.320 e. The van der Waals surface area contributed by atoms with Crippen LogP contribution in [-0.2, 0) is 4.79 Å². The second-order valence-corrected chi connectivity index (χ2v) is 6.41. The summed E-state index contributed by atoms with van der Waals surface area (Å²) in [5.74, 6) is 0.549. The average Bonchev–Trinajstić information content (AvgIpc) is 2.87. The zero-order chi connectivity index (χ0) is 13.8. The van der Waals surface area contributed by atoms with E-state index in [9.17, 15) is 4.79 Å². The predicted molar refractivity (Wildman–Crippen MR) is 78.4 cm³/mol. The van der Waals surface area contributed by atoms with Crippen LogP contribution in [0, 0.1) is 5.92 Å². The molecule has 1 aromatic heterocycles. The number of anilines is 1. The highest BCUT2D eigenvalue weighted by Crippen LogP contribution is 2.31. The fourth-order valence-electron chi connectivity index (χ4n) is 2.13. The normalized spacial score (nSPS) is 18.5. The highest BCUT2D eigenvalue weighted by Gasteiger charge is 2.21. The van der Waals surface area contributed by atoms with Crippen molar-refractivity contribution in [3.63, 3.8) is 0 Å². The van der Waals surface area contributed by atoms with Crippen LogP contribution in [0.2, 0.25) is 0 Å². The molecule has 0 saturated carbocycles. The number of nitrogens with zero attached hydrogens (tertiary/aromatic N) is 1. The minimum atomic E-state index is -0.480. The Hall–Kier alpha value is -0.980. The molecule has 6 heteroatoms. The first-order chi connectivity index (χ1) is 9.08. The van der Waals surface area contributed by atoms with Crippen molar-refractivity contribution in [3.8, 4) is 0 Å². The van der Waals surface area contributed by atoms with Crippen LogP contribution in [0.1, 0.15) is 37.5 Å². The molecule has 1 saturated heterocycles. The molecule has 1 aliphatic heterocycles. The van der Waals surface area contributed by atoms with Crippen LogP contribution in [0.4, 0.5) is 5.13 Å². The lowest BCUT2D eigenvalue weighted by Gasteiger charge is -2.20. The summed E-state index contributed by atoms with van der Waals surface area (Å²) in [4.78, 5) is 17.4. The van der Waals surface area contributed by atoms with Gasteiger partial charge in [-0.05, 0) is 37.8 Å². The molecule has 0 radical (unpaired) electrons. The van der Waals surface area contributed by atoms with Gasteiger partial charge in [-0.15, -0.1) is 11.3 Å². The number of aromatic nitrogens is 1. The van der Waals surface area contributed by atoms with E-state index in [0.717, 1.165) is 25.9 Å². The van der Waals surface area contributed by atoms with Crippen LogP contribution in [0.3, 0.4) is 0 Å². The van der Waals surface area contributed by atoms with Crippen molar-refractivity contribution in [1.82, 2.24) is 10.3 Å². The lowest BCUT2D eigenvalue weighted by Crippen LogP contribution is -2.39. The van der Waals surface area contributed by atoms with E-state index < -0.39 is 6.04 Å². The molecule has 0 aliphatic carbocycles. The molecule has 1 atom stereocenters. The Labute approximate surface area is 118 Å². The van der Waals surface area contributed by atoms with Crippen molar-refractivity contribution in [3.05, 3.63) is 11.1 Å². The van der Waals surface area contributed by atoms with E-state index in [0.29, 0.717) is 11.0 Å². The van der Waals surface area contributed by atoms with Crippen molar-refractivity contribution < 1.29 is 4.79 Å². The van der Waals surface area contributed by atoms with Gasteiger partial charge in [0.2, 0.25) is 5.91 Å². The van der Waals surface area contributed by atoms with Crippen molar-refractivity contribution in [2.24, 2.45) is 11.7 Å². The van der Waals surface area contributed by atoms with Crippen molar-refractivity contribution in [2.75, 3.05) is 18.4 Å². The lowest BCUT2D eigenvalue weighted by molar-refractivity contribution is -0.118. The number of carbonyl (C=O) groups excluding carboxylic acids is 1. The molecule has 19 heavy (non-hydrogen) atoms. The molecule has 5 nitrogen and oxygen atoms in total. The lowest BCUT2D eigenvalue weighted by atomic mass is 9.97. The Morgan fingerprint density at radius 2 is 2.21 bits per heavy atom. The zero-order valence-corrected chi connectivity index (χ0v) is 12.3. The first-order valence-electron chi connectivity index (χ1n) is 6.81. The van der Waals surface area contributed by atoms with Gasteiger partial charge in [0.05, 0.1) is 6.04 Å². The van der Waals surface area contributed by atoms with Crippen molar-refractivity contribution in [1.29, 1.82) is 0 Å². The first kappa shape index (κ1) is 14.4. The maximum Gasteiger partial charge on any atom is 0.243 e. The molecular formula is C13H22N4OS. The third-order valence-corrected chi connectivity index (χ3v) is 4.59. The van der Waals surface area contributed by atoms with Crippen LogP contribution in [0.15, 0.2) is 6.20 Å². The van der Waals surface area contributed by atoms with Gasteiger partial charge in [-0.3, -0.25) is 4.79 Å². The van der Waals surface area contributed by atoms with Crippen LogP contribution < -0.4 is 16.4 Å². The molecule has 2 rings (SSSR count). The maximum atomic E-state index is 11.9. The second-order valence-electron chi connectivity index (χ2n) is 5.35. The van der Waals surface area contributed by atoms with Crippen molar-refractivity contribution in [2.45, 2.75) is 38.6 Å². The number of nitrogens with one attached hydrogen (secondary N) is 2. The van der Waals surface area contributed by atoms with E-state index in [1.165, 1.54) is 4.88 Å². The summed E-state index contributed by atoms with van der Waals surface area (Å²) >= 11 is 1.57. The topological polar surface area (TPSA) is 80.0 Å². The molecule has 1 amide bonds. The smallest absolute Gasteiger partial charge is 0.243 e. The standard InChI is InChI=1S/C13H22N4OS/c1-8(2)11(14)12(18)17-13-16-7-10(19-13)9-3-5-15-6-4-9/h7-9,11,15H,3-6,14H2,1-2H3,(H,16,17,18)/t11-/m0/s1. The molecule has 4 N–H and O–H groups in total. The van der Waals surface area contributed by atoms with Gasteiger partial charge in [0.15, 0.2) is 5.13 Å². The van der Waals surface area contributed by atoms with Gasteiger partial charge in [-0.25, -0.2) is 4.98 Å². The number of thiazole rings is 1. The molecule has 1 aromatic rings. The Bertz CT molecular complexity index is 426. The third-order valence-electron chi connectivity index (χ3n) is 3.52. The highest BCUT2D eigenvalue weighted by atomic mass is 32.1. The number of nitrogens with two attached hydrogens (primary N) is 1. The number of carbonyl (C=O) groups is 1. The van der Waals surface area contributed by atoms with Gasteiger partial charge in [0, 0.05) is 11.1 Å². The molecule has 0 spiro atoms. The molecular weight excluding hydrogens is 260 g/mol. The Kier molecular flexibility index (Phi) is 4.90. The van der Waals surface area contributed by atoms with E-state index in [4.69, 9.17) is 5.73 Å². The predicted octanol–water partition coefficient (Wildman–Crippen LogP) is 1.53. The van der Waals surface area contributed by atoms with E-state index in [-0.39, 0.29) is 11.8 Å². The molecule has 1 fully saturated rings. The van der Waals surface area contributed by atoms with Crippen LogP contribution in [-0.4, -0.2) is 30.0 Å². The van der Waals surface area contributed by atoms with Gasteiger partial charge in [-0.1, -0.05) is 13.8 Å².